The Morgan fingerprint density at radius 1 is 1.17 bits per heavy atom. The Balaban J connectivity index is 1.47. The highest BCUT2D eigenvalue weighted by atomic mass is 32.2. The van der Waals surface area contributed by atoms with Gasteiger partial charge in [0.05, 0.1) is 24.9 Å². The molecule has 6 nitrogen and oxygen atoms in total. The summed E-state index contributed by atoms with van der Waals surface area (Å²) >= 11 is 1.63. The van der Waals surface area contributed by atoms with Crippen LogP contribution in [0.25, 0.3) is 0 Å². The minimum atomic E-state index is -0.134. The molecule has 2 aromatic carbocycles. The summed E-state index contributed by atoms with van der Waals surface area (Å²) in [6.45, 7) is 3.62. The lowest BCUT2D eigenvalue weighted by Gasteiger charge is -2.35. The number of ether oxygens (including phenoxy) is 1. The van der Waals surface area contributed by atoms with Crippen LogP contribution in [0.15, 0.2) is 53.4 Å². The Bertz CT molecular complexity index is 869. The number of nitrogens with zero attached hydrogens (tertiary/aromatic N) is 1. The minimum absolute atomic E-state index is 0.00901. The number of carbonyl (C=O) groups is 2. The first kappa shape index (κ1) is 19.9. The van der Waals surface area contributed by atoms with Crippen molar-refractivity contribution in [3.8, 4) is 0 Å². The zero-order valence-electron chi connectivity index (χ0n) is 16.2. The van der Waals surface area contributed by atoms with Crippen molar-refractivity contribution in [2.75, 3.05) is 43.9 Å². The lowest BCUT2D eigenvalue weighted by molar-refractivity contribution is -0.115. The number of anilines is 1. The third-order valence-corrected chi connectivity index (χ3v) is 6.30. The fourth-order valence-electron chi connectivity index (χ4n) is 3.67. The fraction of sp³-hybridized carbons (Fsp3) is 0.364. The standard InChI is InChI=1S/C22H25N3O3S/c26-21-8-13-29-20-7-6-17(14-18(20)24-21)22(27)23-15-19(16-4-2-1-3-5-16)25-9-11-28-12-10-25/h1-7,14,19H,8-13,15H2,(H,23,27)(H,24,26). The lowest BCUT2D eigenvalue weighted by Crippen LogP contribution is -2.43. The van der Waals surface area contributed by atoms with Crippen molar-refractivity contribution in [1.29, 1.82) is 0 Å². The molecule has 2 N–H and O–H groups in total. The van der Waals surface area contributed by atoms with Crippen LogP contribution in [0.1, 0.15) is 28.4 Å². The van der Waals surface area contributed by atoms with Crippen LogP contribution < -0.4 is 10.6 Å². The van der Waals surface area contributed by atoms with Gasteiger partial charge in [0.25, 0.3) is 5.91 Å². The third-order valence-electron chi connectivity index (χ3n) is 5.23. The third kappa shape index (κ3) is 4.98. The number of carbonyl (C=O) groups excluding carboxylic acids is 2. The van der Waals surface area contributed by atoms with Crippen molar-refractivity contribution < 1.29 is 14.3 Å². The first-order valence-corrected chi connectivity index (χ1v) is 10.9. The van der Waals surface area contributed by atoms with Crippen molar-refractivity contribution in [2.45, 2.75) is 17.4 Å². The van der Waals surface area contributed by atoms with Crippen LogP contribution >= 0.6 is 11.8 Å². The fourth-order valence-corrected chi connectivity index (χ4v) is 4.61. The molecule has 2 amide bonds. The topological polar surface area (TPSA) is 70.7 Å². The molecule has 29 heavy (non-hydrogen) atoms. The summed E-state index contributed by atoms with van der Waals surface area (Å²) in [7, 11) is 0. The molecular weight excluding hydrogens is 386 g/mol. The predicted octanol–water partition coefficient (Wildman–Crippen LogP) is 2.92. The molecule has 1 unspecified atom stereocenters. The number of nitrogens with one attached hydrogen (secondary N) is 2. The summed E-state index contributed by atoms with van der Waals surface area (Å²) in [5.74, 6) is 0.610. The number of fused-ring (bicyclic) bond motifs is 1. The molecule has 152 valence electrons. The molecule has 0 spiro atoms. The number of rotatable bonds is 5. The van der Waals surface area contributed by atoms with Gasteiger partial charge in [-0.05, 0) is 23.8 Å². The van der Waals surface area contributed by atoms with Gasteiger partial charge >= 0.3 is 0 Å². The number of morpholine rings is 1. The van der Waals surface area contributed by atoms with Crippen LogP contribution in [-0.2, 0) is 9.53 Å². The Hall–Kier alpha value is -2.35. The molecule has 2 aromatic rings. The van der Waals surface area contributed by atoms with E-state index in [9.17, 15) is 9.59 Å². The van der Waals surface area contributed by atoms with Crippen LogP contribution in [0.4, 0.5) is 5.69 Å². The molecule has 1 saturated heterocycles. The summed E-state index contributed by atoms with van der Waals surface area (Å²) in [5, 5.41) is 5.99. The van der Waals surface area contributed by atoms with Crippen LogP contribution in [0.5, 0.6) is 0 Å². The van der Waals surface area contributed by atoms with Crippen molar-refractivity contribution >= 4 is 29.3 Å². The van der Waals surface area contributed by atoms with Gasteiger partial charge in [-0.15, -0.1) is 11.8 Å². The zero-order valence-corrected chi connectivity index (χ0v) is 17.0. The van der Waals surface area contributed by atoms with Gasteiger partial charge in [-0.2, -0.15) is 0 Å². The Kier molecular flexibility index (Phi) is 6.49. The number of thioether (sulfide) groups is 1. The highest BCUT2D eigenvalue weighted by molar-refractivity contribution is 7.99. The monoisotopic (exact) mass is 411 g/mol. The van der Waals surface area contributed by atoms with E-state index in [0.29, 0.717) is 31.7 Å². The van der Waals surface area contributed by atoms with E-state index in [1.54, 1.807) is 17.8 Å². The average Bonchev–Trinajstić information content (AvgIpc) is 2.95. The molecule has 0 radical (unpaired) electrons. The van der Waals surface area contributed by atoms with Gasteiger partial charge < -0.3 is 15.4 Å². The smallest absolute Gasteiger partial charge is 0.251 e. The summed E-state index contributed by atoms with van der Waals surface area (Å²) in [4.78, 5) is 28.0. The van der Waals surface area contributed by atoms with Gasteiger partial charge in [0.1, 0.15) is 0 Å². The van der Waals surface area contributed by atoms with E-state index < -0.39 is 0 Å². The highest BCUT2D eigenvalue weighted by Crippen LogP contribution is 2.31. The molecule has 0 bridgehead atoms. The number of hydrogen-bond donors (Lipinski definition) is 2. The summed E-state index contributed by atoms with van der Waals surface area (Å²) in [6, 6.07) is 15.9. The van der Waals surface area contributed by atoms with E-state index in [1.807, 2.05) is 30.3 Å². The molecule has 0 aliphatic carbocycles. The lowest BCUT2D eigenvalue weighted by atomic mass is 10.0. The van der Waals surface area contributed by atoms with Gasteiger partial charge in [0.15, 0.2) is 0 Å². The number of amides is 2. The average molecular weight is 412 g/mol. The van der Waals surface area contributed by atoms with E-state index in [2.05, 4.69) is 27.7 Å². The van der Waals surface area contributed by atoms with E-state index >= 15 is 0 Å². The van der Waals surface area contributed by atoms with Crippen LogP contribution in [-0.4, -0.2) is 55.3 Å². The molecule has 1 atom stereocenters. The maximum atomic E-state index is 12.8. The highest BCUT2D eigenvalue weighted by Gasteiger charge is 2.23. The second kappa shape index (κ2) is 9.43. The Labute approximate surface area is 175 Å². The van der Waals surface area contributed by atoms with Crippen molar-refractivity contribution in [2.24, 2.45) is 0 Å². The quantitative estimate of drug-likeness (QED) is 0.792. The van der Waals surface area contributed by atoms with E-state index in [-0.39, 0.29) is 17.9 Å². The molecule has 0 saturated carbocycles. The van der Waals surface area contributed by atoms with Gasteiger partial charge in [0, 0.05) is 42.3 Å². The second-order valence-electron chi connectivity index (χ2n) is 7.14. The molecule has 7 heteroatoms. The van der Waals surface area contributed by atoms with E-state index in [0.717, 1.165) is 29.4 Å². The minimum Gasteiger partial charge on any atom is -0.379 e. The summed E-state index contributed by atoms with van der Waals surface area (Å²) < 4.78 is 5.49. The Morgan fingerprint density at radius 3 is 2.76 bits per heavy atom. The van der Waals surface area contributed by atoms with Crippen molar-refractivity contribution in [3.63, 3.8) is 0 Å². The van der Waals surface area contributed by atoms with Crippen molar-refractivity contribution in [3.05, 3.63) is 59.7 Å². The van der Waals surface area contributed by atoms with Gasteiger partial charge in [-0.25, -0.2) is 0 Å². The largest absolute Gasteiger partial charge is 0.379 e. The maximum absolute atomic E-state index is 12.8. The molecule has 1 fully saturated rings. The first-order chi connectivity index (χ1) is 14.2. The molecule has 0 aromatic heterocycles. The summed E-state index contributed by atoms with van der Waals surface area (Å²) in [5.41, 5.74) is 2.46. The molecule has 2 aliphatic heterocycles. The van der Waals surface area contributed by atoms with Crippen molar-refractivity contribution in [1.82, 2.24) is 10.2 Å². The van der Waals surface area contributed by atoms with E-state index in [1.165, 1.54) is 5.56 Å². The molecular formula is C22H25N3O3S. The Morgan fingerprint density at radius 2 is 1.97 bits per heavy atom. The van der Waals surface area contributed by atoms with Gasteiger partial charge in [0.2, 0.25) is 5.91 Å². The molecule has 4 rings (SSSR count). The van der Waals surface area contributed by atoms with E-state index in [4.69, 9.17) is 4.74 Å². The maximum Gasteiger partial charge on any atom is 0.251 e. The normalized spacial score (nSPS) is 18.3. The zero-order chi connectivity index (χ0) is 20.1. The van der Waals surface area contributed by atoms with Crippen LogP contribution in [0.2, 0.25) is 0 Å². The van der Waals surface area contributed by atoms with Crippen LogP contribution in [0.3, 0.4) is 0 Å². The SMILES string of the molecule is O=C1CCSc2ccc(C(=O)NCC(c3ccccc3)N3CCOCC3)cc2N1. The number of hydrogen-bond acceptors (Lipinski definition) is 5. The van der Waals surface area contributed by atoms with Crippen LogP contribution in [0, 0.1) is 0 Å². The molecule has 2 aliphatic rings. The predicted molar refractivity (Wildman–Crippen MR) is 114 cm³/mol. The second-order valence-corrected chi connectivity index (χ2v) is 8.28. The first-order valence-electron chi connectivity index (χ1n) is 9.92. The molecule has 2 heterocycles. The van der Waals surface area contributed by atoms with Gasteiger partial charge in [-0.3, -0.25) is 14.5 Å². The summed E-state index contributed by atoms with van der Waals surface area (Å²) in [6.07, 6.45) is 0.485. The van der Waals surface area contributed by atoms with Gasteiger partial charge in [-0.1, -0.05) is 30.3 Å². The number of benzene rings is 2.